The second kappa shape index (κ2) is 6.26. The third kappa shape index (κ3) is 4.01. The molecule has 0 fully saturated rings. The first kappa shape index (κ1) is 13.4. The van der Waals surface area contributed by atoms with Gasteiger partial charge in [-0.05, 0) is 12.1 Å². The summed E-state index contributed by atoms with van der Waals surface area (Å²) in [6.45, 7) is 0.412. The molecule has 0 aliphatic rings. The van der Waals surface area contributed by atoms with Gasteiger partial charge >= 0.3 is 4.87 Å². The van der Waals surface area contributed by atoms with Crippen molar-refractivity contribution in [1.82, 2.24) is 10.3 Å². The van der Waals surface area contributed by atoms with Gasteiger partial charge in [-0.2, -0.15) is 0 Å². The number of amides is 1. The van der Waals surface area contributed by atoms with Crippen molar-refractivity contribution >= 4 is 22.9 Å². The van der Waals surface area contributed by atoms with Crippen molar-refractivity contribution in [3.63, 3.8) is 0 Å². The van der Waals surface area contributed by atoms with Crippen LogP contribution in [0, 0.1) is 5.82 Å². The molecule has 0 aliphatic carbocycles. The van der Waals surface area contributed by atoms with Gasteiger partial charge in [-0.3, -0.25) is 9.59 Å². The number of nitrogens with one attached hydrogen (secondary N) is 3. The molecule has 1 aromatic heterocycles. The molecule has 0 spiro atoms. The smallest absolute Gasteiger partial charge is 0.304 e. The lowest BCUT2D eigenvalue weighted by Crippen LogP contribution is -2.28. The van der Waals surface area contributed by atoms with E-state index in [1.165, 1.54) is 12.1 Å². The van der Waals surface area contributed by atoms with Gasteiger partial charge in [0.1, 0.15) is 5.82 Å². The topological polar surface area (TPSA) is 74.0 Å². The summed E-state index contributed by atoms with van der Waals surface area (Å²) in [5.74, 6) is -0.819. The van der Waals surface area contributed by atoms with Gasteiger partial charge in [-0.25, -0.2) is 4.39 Å². The van der Waals surface area contributed by atoms with Crippen molar-refractivity contribution in [2.24, 2.45) is 0 Å². The fourth-order valence-electron chi connectivity index (χ4n) is 1.47. The van der Waals surface area contributed by atoms with Crippen molar-refractivity contribution in [2.45, 2.75) is 6.54 Å². The summed E-state index contributed by atoms with van der Waals surface area (Å²) in [6.07, 6.45) is 0. The zero-order chi connectivity index (χ0) is 13.7. The maximum Gasteiger partial charge on any atom is 0.304 e. The van der Waals surface area contributed by atoms with E-state index < -0.39 is 5.82 Å². The van der Waals surface area contributed by atoms with Crippen LogP contribution < -0.4 is 15.5 Å². The Kier molecular flexibility index (Phi) is 4.43. The second-order valence-electron chi connectivity index (χ2n) is 3.80. The van der Waals surface area contributed by atoms with Crippen molar-refractivity contribution in [1.29, 1.82) is 0 Å². The number of aromatic amines is 1. The van der Waals surface area contributed by atoms with E-state index in [1.54, 1.807) is 17.5 Å². The van der Waals surface area contributed by atoms with Crippen LogP contribution in [-0.2, 0) is 11.3 Å². The molecular formula is C12H12FN3O2S. The quantitative estimate of drug-likeness (QED) is 0.773. The summed E-state index contributed by atoms with van der Waals surface area (Å²) >= 11 is 1.07. The van der Waals surface area contributed by atoms with E-state index in [2.05, 4.69) is 15.6 Å². The summed E-state index contributed by atoms with van der Waals surface area (Å²) in [6, 6.07) is 5.96. The van der Waals surface area contributed by atoms with E-state index in [9.17, 15) is 14.0 Å². The Morgan fingerprint density at radius 1 is 1.37 bits per heavy atom. The molecule has 2 rings (SSSR count). The highest BCUT2D eigenvalue weighted by Gasteiger charge is 2.05. The van der Waals surface area contributed by atoms with Crippen LogP contribution >= 0.6 is 11.3 Å². The standard InChI is InChI=1S/C12H12FN3O2S/c13-9-3-1-2-4-10(9)16-11(17)6-14-5-8-7-19-12(18)15-8/h1-4,7,14H,5-6H2,(H,15,18)(H,16,17). The number of hydrogen-bond acceptors (Lipinski definition) is 4. The van der Waals surface area contributed by atoms with Gasteiger partial charge in [0.2, 0.25) is 5.91 Å². The maximum atomic E-state index is 13.3. The molecule has 0 saturated heterocycles. The first-order valence-electron chi connectivity index (χ1n) is 5.57. The predicted molar refractivity (Wildman–Crippen MR) is 71.7 cm³/mol. The first-order valence-corrected chi connectivity index (χ1v) is 6.45. The number of aromatic nitrogens is 1. The molecule has 100 valence electrons. The lowest BCUT2D eigenvalue weighted by Gasteiger charge is -2.06. The van der Waals surface area contributed by atoms with Gasteiger partial charge < -0.3 is 15.6 Å². The summed E-state index contributed by atoms with van der Waals surface area (Å²) in [7, 11) is 0. The Morgan fingerprint density at radius 2 is 2.16 bits per heavy atom. The number of rotatable bonds is 5. The second-order valence-corrected chi connectivity index (χ2v) is 4.65. The molecule has 0 bridgehead atoms. The number of thiazole rings is 1. The number of halogens is 1. The SMILES string of the molecule is O=C(CNCc1csc(=O)[nH]1)Nc1ccccc1F. The van der Waals surface area contributed by atoms with Crippen molar-refractivity contribution in [3.8, 4) is 0 Å². The summed E-state index contributed by atoms with van der Waals surface area (Å²) in [5.41, 5.74) is 0.868. The highest BCUT2D eigenvalue weighted by Crippen LogP contribution is 2.11. The average molecular weight is 281 g/mol. The number of para-hydroxylation sites is 1. The molecule has 7 heteroatoms. The number of carbonyl (C=O) groups excluding carboxylic acids is 1. The van der Waals surface area contributed by atoms with Crippen LogP contribution in [0.25, 0.3) is 0 Å². The van der Waals surface area contributed by atoms with Crippen molar-refractivity contribution in [3.05, 3.63) is 50.8 Å². The van der Waals surface area contributed by atoms with Crippen LogP contribution in [0.4, 0.5) is 10.1 Å². The van der Waals surface area contributed by atoms with E-state index >= 15 is 0 Å². The van der Waals surface area contributed by atoms with Gasteiger partial charge in [0.25, 0.3) is 0 Å². The fourth-order valence-corrected chi connectivity index (χ4v) is 2.05. The molecular weight excluding hydrogens is 269 g/mol. The number of benzene rings is 1. The highest BCUT2D eigenvalue weighted by atomic mass is 32.1. The molecule has 1 aromatic carbocycles. The largest absolute Gasteiger partial charge is 0.322 e. The molecule has 1 heterocycles. The van der Waals surface area contributed by atoms with Gasteiger partial charge in [-0.1, -0.05) is 23.5 Å². The minimum atomic E-state index is -0.474. The van der Waals surface area contributed by atoms with Gasteiger partial charge in [-0.15, -0.1) is 0 Å². The molecule has 0 unspecified atom stereocenters. The van der Waals surface area contributed by atoms with Crippen LogP contribution in [0.5, 0.6) is 0 Å². The van der Waals surface area contributed by atoms with E-state index in [0.29, 0.717) is 12.2 Å². The normalized spacial score (nSPS) is 10.4. The van der Waals surface area contributed by atoms with Gasteiger partial charge in [0.15, 0.2) is 0 Å². The Labute approximate surface area is 112 Å². The predicted octanol–water partition coefficient (Wildman–Crippen LogP) is 1.30. The Balaban J connectivity index is 1.79. The fraction of sp³-hybridized carbons (Fsp3) is 0.167. The minimum Gasteiger partial charge on any atom is -0.322 e. The lowest BCUT2D eigenvalue weighted by atomic mass is 10.3. The zero-order valence-corrected chi connectivity index (χ0v) is 10.7. The van der Waals surface area contributed by atoms with Gasteiger partial charge in [0.05, 0.1) is 12.2 Å². The summed E-state index contributed by atoms with van der Waals surface area (Å²) in [4.78, 5) is 24.9. The van der Waals surface area contributed by atoms with Crippen LogP contribution in [0.15, 0.2) is 34.4 Å². The monoisotopic (exact) mass is 281 g/mol. The maximum absolute atomic E-state index is 13.3. The number of hydrogen-bond donors (Lipinski definition) is 3. The van der Waals surface area contributed by atoms with Gasteiger partial charge in [0, 0.05) is 17.6 Å². The van der Waals surface area contributed by atoms with Crippen molar-refractivity contribution < 1.29 is 9.18 Å². The Hall–Kier alpha value is -1.99. The Morgan fingerprint density at radius 3 is 2.84 bits per heavy atom. The first-order chi connectivity index (χ1) is 9.15. The van der Waals surface area contributed by atoms with Crippen LogP contribution in [0.2, 0.25) is 0 Å². The zero-order valence-electron chi connectivity index (χ0n) is 9.90. The number of H-pyrrole nitrogens is 1. The van der Waals surface area contributed by atoms with E-state index in [-0.39, 0.29) is 23.0 Å². The van der Waals surface area contributed by atoms with Crippen LogP contribution in [0.3, 0.4) is 0 Å². The van der Waals surface area contributed by atoms with Crippen molar-refractivity contribution in [2.75, 3.05) is 11.9 Å². The summed E-state index contributed by atoms with van der Waals surface area (Å²) < 4.78 is 13.3. The third-order valence-electron chi connectivity index (χ3n) is 2.32. The lowest BCUT2D eigenvalue weighted by molar-refractivity contribution is -0.115. The minimum absolute atomic E-state index is 0.0339. The van der Waals surface area contributed by atoms with Crippen LogP contribution in [0.1, 0.15) is 5.69 Å². The van der Waals surface area contributed by atoms with E-state index in [1.807, 2.05) is 0 Å². The molecule has 5 nitrogen and oxygen atoms in total. The Bertz CT molecular complexity index is 623. The molecule has 0 radical (unpaired) electrons. The van der Waals surface area contributed by atoms with E-state index in [4.69, 9.17) is 0 Å². The average Bonchev–Trinajstić information content (AvgIpc) is 2.78. The molecule has 1 amide bonds. The molecule has 0 saturated carbocycles. The van der Waals surface area contributed by atoms with E-state index in [0.717, 1.165) is 11.3 Å². The third-order valence-corrected chi connectivity index (χ3v) is 3.04. The highest BCUT2D eigenvalue weighted by molar-refractivity contribution is 7.07. The number of anilines is 1. The molecule has 0 atom stereocenters. The number of carbonyl (C=O) groups is 1. The molecule has 2 aromatic rings. The molecule has 19 heavy (non-hydrogen) atoms. The molecule has 0 aliphatic heterocycles. The van der Waals surface area contributed by atoms with Crippen LogP contribution in [-0.4, -0.2) is 17.4 Å². The summed E-state index contributed by atoms with van der Waals surface area (Å²) in [5, 5.41) is 7.00. The molecule has 3 N–H and O–H groups in total.